The van der Waals surface area contributed by atoms with Gasteiger partial charge in [-0.05, 0) is 18.2 Å². The summed E-state index contributed by atoms with van der Waals surface area (Å²) in [6, 6.07) is 7.28. The Morgan fingerprint density at radius 2 is 1.97 bits per heavy atom. The van der Waals surface area contributed by atoms with E-state index in [0.29, 0.717) is 23.9 Å². The molecule has 8 nitrogen and oxygen atoms in total. The molecule has 1 unspecified atom stereocenters. The number of nitrogens with one attached hydrogen (secondary N) is 1. The zero-order valence-electron chi connectivity index (χ0n) is 17.1. The molecule has 0 fully saturated rings. The molecule has 0 amide bonds. The number of anilines is 1. The lowest BCUT2D eigenvalue weighted by molar-refractivity contribution is 0.0770. The first kappa shape index (κ1) is 23.5. The highest BCUT2D eigenvalue weighted by molar-refractivity contribution is 7.86. The molecule has 32 heavy (non-hydrogen) atoms. The maximum absolute atomic E-state index is 14.2. The molecule has 0 aliphatic heterocycles. The highest BCUT2D eigenvalue weighted by Gasteiger charge is 2.19. The van der Waals surface area contributed by atoms with Gasteiger partial charge in [0.1, 0.15) is 5.69 Å². The molecule has 1 N–H and O–H groups in total. The molecule has 12 heteroatoms. The SMILES string of the molecule is COCCn1ccc2c(S(=O)Nc3cc(F)c(OCC(F)F)nc3OC)cccc2c1=O. The zero-order valence-corrected chi connectivity index (χ0v) is 18.0. The standard InChI is InChI=1S/C20H20F3N3O5S/c1-29-9-8-26-7-6-12-13(20(26)27)4-3-5-16(12)32(28)25-15-10-14(21)18(24-19(15)30-2)31-11-17(22)23/h3-7,10,17,25H,8-9,11H2,1-2H3. The number of nitrogens with zero attached hydrogens (tertiary/aromatic N) is 2. The predicted octanol–water partition coefficient (Wildman–Crippen LogP) is 2.97. The Morgan fingerprint density at radius 3 is 2.66 bits per heavy atom. The molecule has 172 valence electrons. The van der Waals surface area contributed by atoms with Gasteiger partial charge in [0.05, 0.1) is 18.6 Å². The molecule has 1 atom stereocenters. The van der Waals surface area contributed by atoms with E-state index in [9.17, 15) is 22.2 Å². The van der Waals surface area contributed by atoms with Crippen LogP contribution in [-0.4, -0.2) is 47.6 Å². The summed E-state index contributed by atoms with van der Waals surface area (Å²) in [5, 5.41) is 0.796. The summed E-state index contributed by atoms with van der Waals surface area (Å²) in [5.74, 6) is -1.91. The minimum absolute atomic E-state index is 0.0850. The highest BCUT2D eigenvalue weighted by atomic mass is 32.2. The van der Waals surface area contributed by atoms with Crippen LogP contribution in [0.1, 0.15) is 0 Å². The Morgan fingerprint density at radius 1 is 1.19 bits per heavy atom. The lowest BCUT2D eigenvalue weighted by atomic mass is 10.2. The van der Waals surface area contributed by atoms with Crippen molar-refractivity contribution in [3.05, 3.63) is 52.7 Å². The smallest absolute Gasteiger partial charge is 0.272 e. The van der Waals surface area contributed by atoms with Crippen LogP contribution >= 0.6 is 0 Å². The first-order valence-electron chi connectivity index (χ1n) is 9.30. The van der Waals surface area contributed by atoms with E-state index in [1.54, 1.807) is 30.5 Å². The predicted molar refractivity (Wildman–Crippen MR) is 112 cm³/mol. The number of pyridine rings is 2. The number of hydrogen-bond donors (Lipinski definition) is 1. The Hall–Kier alpha value is -3.12. The zero-order chi connectivity index (χ0) is 23.3. The summed E-state index contributed by atoms with van der Waals surface area (Å²) in [6.45, 7) is -0.323. The summed E-state index contributed by atoms with van der Waals surface area (Å²) < 4.78 is 70.6. The van der Waals surface area contributed by atoms with E-state index >= 15 is 0 Å². The number of rotatable bonds is 10. The molecule has 0 bridgehead atoms. The number of aromatic nitrogens is 2. The second-order valence-corrected chi connectivity index (χ2v) is 7.61. The minimum atomic E-state index is -2.81. The van der Waals surface area contributed by atoms with E-state index in [2.05, 4.69) is 14.4 Å². The number of benzene rings is 1. The molecule has 0 radical (unpaired) electrons. The van der Waals surface area contributed by atoms with E-state index in [-0.39, 0.29) is 22.0 Å². The molecule has 3 rings (SSSR count). The Labute approximate surface area is 183 Å². The fourth-order valence-corrected chi connectivity index (χ4v) is 3.94. The first-order chi connectivity index (χ1) is 15.3. The van der Waals surface area contributed by atoms with E-state index in [0.717, 1.165) is 6.07 Å². The average Bonchev–Trinajstić information content (AvgIpc) is 2.77. The molecule has 2 heterocycles. The number of ether oxygens (including phenoxy) is 3. The van der Waals surface area contributed by atoms with E-state index < -0.39 is 35.7 Å². The highest BCUT2D eigenvalue weighted by Crippen LogP contribution is 2.30. The number of halogens is 3. The van der Waals surface area contributed by atoms with Gasteiger partial charge in [-0.1, -0.05) is 6.07 Å². The quantitative estimate of drug-likeness (QED) is 0.489. The first-order valence-corrected chi connectivity index (χ1v) is 10.5. The van der Waals surface area contributed by atoms with Gasteiger partial charge in [-0.15, -0.1) is 0 Å². The third kappa shape index (κ3) is 5.19. The molecule has 2 aromatic heterocycles. The van der Waals surface area contributed by atoms with Crippen molar-refractivity contribution in [1.29, 1.82) is 0 Å². The molecular formula is C20H20F3N3O5S. The number of hydrogen-bond acceptors (Lipinski definition) is 6. The Balaban J connectivity index is 1.92. The summed E-state index contributed by atoms with van der Waals surface area (Å²) >= 11 is 0. The maximum Gasteiger partial charge on any atom is 0.272 e. The molecule has 0 saturated carbocycles. The van der Waals surface area contributed by atoms with Crippen LogP contribution in [0.3, 0.4) is 0 Å². The summed E-state index contributed by atoms with van der Waals surface area (Å²) in [6.07, 6.45) is -1.24. The second kappa shape index (κ2) is 10.5. The monoisotopic (exact) mass is 471 g/mol. The van der Waals surface area contributed by atoms with Gasteiger partial charge in [0.2, 0.25) is 5.88 Å². The van der Waals surface area contributed by atoms with Crippen LogP contribution in [0.4, 0.5) is 18.9 Å². The fraction of sp³-hybridized carbons (Fsp3) is 0.300. The Kier molecular flexibility index (Phi) is 7.70. The number of methoxy groups -OCH3 is 2. The summed E-state index contributed by atoms with van der Waals surface area (Å²) in [5.41, 5.74) is -0.359. The minimum Gasteiger partial charge on any atom is -0.479 e. The van der Waals surface area contributed by atoms with E-state index in [1.165, 1.54) is 18.8 Å². The topological polar surface area (TPSA) is 91.7 Å². The molecule has 0 aliphatic carbocycles. The normalized spacial score (nSPS) is 12.2. The molecule has 0 spiro atoms. The Bertz CT molecular complexity index is 1190. The van der Waals surface area contributed by atoms with Crippen LogP contribution in [0.2, 0.25) is 0 Å². The molecule has 0 aliphatic rings. The van der Waals surface area contributed by atoms with Crippen molar-refractivity contribution in [3.8, 4) is 11.8 Å². The van der Waals surface area contributed by atoms with Gasteiger partial charge in [-0.3, -0.25) is 9.52 Å². The third-order valence-electron chi connectivity index (χ3n) is 4.37. The summed E-state index contributed by atoms with van der Waals surface area (Å²) in [7, 11) is 0.821. The van der Waals surface area contributed by atoms with Crippen molar-refractivity contribution in [2.45, 2.75) is 17.9 Å². The summed E-state index contributed by atoms with van der Waals surface area (Å²) in [4.78, 5) is 16.7. The molecular weight excluding hydrogens is 451 g/mol. The van der Waals surface area contributed by atoms with Crippen molar-refractivity contribution >= 4 is 27.4 Å². The van der Waals surface area contributed by atoms with Gasteiger partial charge in [-0.2, -0.15) is 4.98 Å². The van der Waals surface area contributed by atoms with Crippen LogP contribution in [0, 0.1) is 5.82 Å². The molecule has 3 aromatic rings. The van der Waals surface area contributed by atoms with Gasteiger partial charge in [0.25, 0.3) is 17.9 Å². The van der Waals surface area contributed by atoms with Crippen molar-refractivity contribution in [1.82, 2.24) is 9.55 Å². The van der Waals surface area contributed by atoms with Gasteiger partial charge in [-0.25, -0.2) is 17.4 Å². The van der Waals surface area contributed by atoms with Crippen LogP contribution in [0.15, 0.2) is 46.2 Å². The largest absolute Gasteiger partial charge is 0.479 e. The van der Waals surface area contributed by atoms with E-state index in [4.69, 9.17) is 9.47 Å². The van der Waals surface area contributed by atoms with Crippen molar-refractivity contribution in [2.24, 2.45) is 0 Å². The lowest BCUT2D eigenvalue weighted by Gasteiger charge is -2.14. The van der Waals surface area contributed by atoms with Crippen LogP contribution in [-0.2, 0) is 22.3 Å². The van der Waals surface area contributed by atoms with Crippen LogP contribution in [0.5, 0.6) is 11.8 Å². The molecule has 1 aromatic carbocycles. The van der Waals surface area contributed by atoms with Crippen molar-refractivity contribution < 1.29 is 31.6 Å². The van der Waals surface area contributed by atoms with Crippen LogP contribution in [0.25, 0.3) is 10.8 Å². The van der Waals surface area contributed by atoms with Gasteiger partial charge in [0, 0.05) is 36.7 Å². The third-order valence-corrected chi connectivity index (χ3v) is 5.53. The number of alkyl halides is 2. The van der Waals surface area contributed by atoms with Gasteiger partial charge >= 0.3 is 0 Å². The number of fused-ring (bicyclic) bond motifs is 1. The van der Waals surface area contributed by atoms with E-state index in [1.807, 2.05) is 0 Å². The average molecular weight is 471 g/mol. The van der Waals surface area contributed by atoms with Gasteiger partial charge < -0.3 is 18.8 Å². The fourth-order valence-electron chi connectivity index (χ4n) is 2.90. The lowest BCUT2D eigenvalue weighted by Crippen LogP contribution is -2.22. The molecule has 0 saturated heterocycles. The van der Waals surface area contributed by atoms with Crippen molar-refractivity contribution in [3.63, 3.8) is 0 Å². The second-order valence-electron chi connectivity index (χ2n) is 6.43. The maximum atomic E-state index is 14.2. The van der Waals surface area contributed by atoms with Gasteiger partial charge in [0.15, 0.2) is 23.4 Å². The van der Waals surface area contributed by atoms with Crippen LogP contribution < -0.4 is 19.8 Å². The van der Waals surface area contributed by atoms with Crippen molar-refractivity contribution in [2.75, 3.05) is 32.2 Å².